The van der Waals surface area contributed by atoms with E-state index >= 15 is 0 Å². The molecule has 1 fully saturated rings. The molecule has 46 heavy (non-hydrogen) atoms. The highest BCUT2D eigenvalue weighted by atomic mass is 16.5. The summed E-state index contributed by atoms with van der Waals surface area (Å²) in [5, 5.41) is 15.9. The number of nitrogens with one attached hydrogen (secondary N) is 1. The Morgan fingerprint density at radius 2 is 1.63 bits per heavy atom. The summed E-state index contributed by atoms with van der Waals surface area (Å²) in [5.41, 5.74) is 1.54. The molecule has 0 spiro atoms. The number of hydrogen-bond acceptors (Lipinski definition) is 10. The molecule has 0 radical (unpaired) electrons. The number of furan rings is 1. The van der Waals surface area contributed by atoms with Crippen LogP contribution in [0, 0.1) is 0 Å². The van der Waals surface area contributed by atoms with E-state index in [1.807, 2.05) is 18.2 Å². The number of methoxy groups -OCH3 is 4. The van der Waals surface area contributed by atoms with Crippen LogP contribution in [0.4, 0.5) is 0 Å². The van der Waals surface area contributed by atoms with Crippen molar-refractivity contribution in [3.05, 3.63) is 66.1 Å². The van der Waals surface area contributed by atoms with E-state index < -0.39 is 6.04 Å². The maximum atomic E-state index is 14.1. The van der Waals surface area contributed by atoms with Crippen LogP contribution >= 0.6 is 0 Å². The van der Waals surface area contributed by atoms with Gasteiger partial charge in [0.15, 0.2) is 29.0 Å². The number of carbonyl (C=O) groups excluding carboxylic acids is 2. The Bertz CT molecular complexity index is 1600. The summed E-state index contributed by atoms with van der Waals surface area (Å²) in [6.07, 6.45) is 7.00. The van der Waals surface area contributed by atoms with Crippen LogP contribution in [0.2, 0.25) is 0 Å². The number of rotatable bonds is 14. The van der Waals surface area contributed by atoms with Crippen molar-refractivity contribution < 1.29 is 33.0 Å². The van der Waals surface area contributed by atoms with Gasteiger partial charge in [0.2, 0.25) is 11.7 Å². The number of nitrogens with zero attached hydrogens (tertiary/aromatic N) is 5. The van der Waals surface area contributed by atoms with Gasteiger partial charge in [-0.2, -0.15) is 4.80 Å². The van der Waals surface area contributed by atoms with Crippen molar-refractivity contribution in [1.29, 1.82) is 0 Å². The second kappa shape index (κ2) is 15.3. The monoisotopic (exact) mass is 632 g/mol. The van der Waals surface area contributed by atoms with Gasteiger partial charge in [0, 0.05) is 18.2 Å². The minimum Gasteiger partial charge on any atom is -0.493 e. The van der Waals surface area contributed by atoms with Gasteiger partial charge in [0.25, 0.3) is 5.91 Å². The number of ether oxygens (including phenoxy) is 4. The highest BCUT2D eigenvalue weighted by Crippen LogP contribution is 2.31. The van der Waals surface area contributed by atoms with Crippen LogP contribution in [0.25, 0.3) is 11.4 Å². The molecule has 0 bridgehead atoms. The molecule has 2 aromatic carbocycles. The number of benzene rings is 2. The molecule has 1 atom stereocenters. The average molecular weight is 633 g/mol. The highest BCUT2D eigenvalue weighted by molar-refractivity contribution is 5.88. The molecule has 1 aliphatic rings. The number of carbonyl (C=O) groups is 2. The third kappa shape index (κ3) is 7.59. The van der Waals surface area contributed by atoms with E-state index in [4.69, 9.17) is 23.4 Å². The quantitative estimate of drug-likeness (QED) is 0.215. The molecule has 0 saturated heterocycles. The SMILES string of the molecule is COc1ccc(CCN(C(=O)Cn2nnc(-c3ccc(OC)c(OC)c3)n2)[C@@H](C(=O)NC2CCCCC2)c2ccco2)cc1OC. The maximum absolute atomic E-state index is 14.1. The normalized spacial score (nSPS) is 13.9. The Labute approximate surface area is 267 Å². The minimum atomic E-state index is -1.00. The first-order chi connectivity index (χ1) is 22.4. The van der Waals surface area contributed by atoms with Gasteiger partial charge in [0.1, 0.15) is 12.3 Å². The molecule has 2 heterocycles. The largest absolute Gasteiger partial charge is 0.493 e. The summed E-state index contributed by atoms with van der Waals surface area (Å²) in [6.45, 7) is -0.0465. The lowest BCUT2D eigenvalue weighted by atomic mass is 9.95. The predicted molar refractivity (Wildman–Crippen MR) is 168 cm³/mol. The van der Waals surface area contributed by atoms with Crippen molar-refractivity contribution in [2.45, 2.75) is 57.2 Å². The Morgan fingerprint density at radius 1 is 0.935 bits per heavy atom. The van der Waals surface area contributed by atoms with Crippen LogP contribution in [0.15, 0.2) is 59.2 Å². The summed E-state index contributed by atoms with van der Waals surface area (Å²) >= 11 is 0. The average Bonchev–Trinajstić information content (AvgIpc) is 3.79. The molecule has 2 aromatic heterocycles. The van der Waals surface area contributed by atoms with Gasteiger partial charge in [-0.1, -0.05) is 25.3 Å². The Hall–Kier alpha value is -5.07. The topological polar surface area (TPSA) is 143 Å². The van der Waals surface area contributed by atoms with Gasteiger partial charge in [-0.3, -0.25) is 9.59 Å². The Kier molecular flexibility index (Phi) is 10.7. The zero-order valence-corrected chi connectivity index (χ0v) is 26.6. The van der Waals surface area contributed by atoms with Crippen molar-refractivity contribution in [2.24, 2.45) is 0 Å². The first-order valence-corrected chi connectivity index (χ1v) is 15.3. The van der Waals surface area contributed by atoms with Crippen LogP contribution in [-0.2, 0) is 22.6 Å². The number of hydrogen-bond donors (Lipinski definition) is 1. The van der Waals surface area contributed by atoms with Crippen LogP contribution in [0.5, 0.6) is 23.0 Å². The predicted octanol–water partition coefficient (Wildman–Crippen LogP) is 4.23. The molecule has 5 rings (SSSR count). The fourth-order valence-corrected chi connectivity index (χ4v) is 5.69. The van der Waals surface area contributed by atoms with E-state index in [1.54, 1.807) is 58.8 Å². The summed E-state index contributed by atoms with van der Waals surface area (Å²) in [4.78, 5) is 30.8. The molecule has 13 heteroatoms. The lowest BCUT2D eigenvalue weighted by molar-refractivity contribution is -0.142. The van der Waals surface area contributed by atoms with E-state index in [0.717, 1.165) is 37.7 Å². The van der Waals surface area contributed by atoms with Crippen molar-refractivity contribution >= 4 is 11.8 Å². The third-order valence-electron chi connectivity index (χ3n) is 8.11. The molecule has 2 amide bonds. The minimum absolute atomic E-state index is 0.0440. The number of tetrazole rings is 1. The molecular weight excluding hydrogens is 592 g/mol. The van der Waals surface area contributed by atoms with Gasteiger partial charge in [0.05, 0.1) is 34.7 Å². The summed E-state index contributed by atoms with van der Waals surface area (Å²) in [6, 6.07) is 13.3. The summed E-state index contributed by atoms with van der Waals surface area (Å²) in [5.74, 6) is 2.26. The second-order valence-electron chi connectivity index (χ2n) is 11.0. The Balaban J connectivity index is 1.42. The van der Waals surface area contributed by atoms with Crippen molar-refractivity contribution in [3.8, 4) is 34.4 Å². The molecule has 0 aliphatic heterocycles. The standard InChI is InChI=1S/C33H40N6O7/c1-42-25-14-12-22(19-28(25)44-3)16-17-38(31(27-11-8-18-46-27)33(41)34-24-9-6-5-7-10-24)30(40)21-39-36-32(35-37-39)23-13-15-26(43-2)29(20-23)45-4/h8,11-15,18-20,24,31H,5-7,9-10,16-17,21H2,1-4H3,(H,34,41)/t31-/m1/s1. The molecule has 1 aliphatic carbocycles. The van der Waals surface area contributed by atoms with Gasteiger partial charge >= 0.3 is 0 Å². The fourth-order valence-electron chi connectivity index (χ4n) is 5.69. The van der Waals surface area contributed by atoms with E-state index in [0.29, 0.717) is 46.6 Å². The zero-order valence-electron chi connectivity index (χ0n) is 26.6. The third-order valence-corrected chi connectivity index (χ3v) is 8.11. The van der Waals surface area contributed by atoms with Crippen LogP contribution in [0.1, 0.15) is 49.5 Å². The number of aromatic nitrogens is 4. The van der Waals surface area contributed by atoms with Crippen LogP contribution in [0.3, 0.4) is 0 Å². The number of amides is 2. The lowest BCUT2D eigenvalue weighted by Crippen LogP contribution is -2.48. The Morgan fingerprint density at radius 3 is 2.30 bits per heavy atom. The van der Waals surface area contributed by atoms with Crippen molar-refractivity contribution in [2.75, 3.05) is 35.0 Å². The molecule has 244 valence electrons. The lowest BCUT2D eigenvalue weighted by Gasteiger charge is -2.32. The van der Waals surface area contributed by atoms with E-state index in [-0.39, 0.29) is 30.9 Å². The van der Waals surface area contributed by atoms with Crippen molar-refractivity contribution in [3.63, 3.8) is 0 Å². The maximum Gasteiger partial charge on any atom is 0.250 e. The fraction of sp³-hybridized carbons (Fsp3) is 0.424. The van der Waals surface area contributed by atoms with Gasteiger partial charge in [-0.15, -0.1) is 10.2 Å². The van der Waals surface area contributed by atoms with E-state index in [1.165, 1.54) is 16.0 Å². The zero-order chi connectivity index (χ0) is 32.5. The van der Waals surface area contributed by atoms with E-state index in [9.17, 15) is 9.59 Å². The van der Waals surface area contributed by atoms with Gasteiger partial charge in [-0.05, 0) is 72.5 Å². The molecule has 1 saturated carbocycles. The highest BCUT2D eigenvalue weighted by Gasteiger charge is 2.35. The molecular formula is C33H40N6O7. The van der Waals surface area contributed by atoms with Gasteiger partial charge in [-0.25, -0.2) is 0 Å². The van der Waals surface area contributed by atoms with Crippen molar-refractivity contribution in [1.82, 2.24) is 30.4 Å². The van der Waals surface area contributed by atoms with E-state index in [2.05, 4.69) is 20.7 Å². The van der Waals surface area contributed by atoms with Crippen LogP contribution < -0.4 is 24.3 Å². The first kappa shape index (κ1) is 32.3. The summed E-state index contributed by atoms with van der Waals surface area (Å²) in [7, 11) is 6.24. The second-order valence-corrected chi connectivity index (χ2v) is 11.0. The molecule has 0 unspecified atom stereocenters. The molecule has 1 N–H and O–H groups in total. The first-order valence-electron chi connectivity index (χ1n) is 15.3. The molecule has 13 nitrogen and oxygen atoms in total. The van der Waals surface area contributed by atoms with Gasteiger partial charge < -0.3 is 33.6 Å². The van der Waals surface area contributed by atoms with Crippen LogP contribution in [-0.4, -0.2) is 77.9 Å². The summed E-state index contributed by atoms with van der Waals surface area (Å²) < 4.78 is 27.3. The smallest absolute Gasteiger partial charge is 0.250 e. The molecule has 4 aromatic rings.